The summed E-state index contributed by atoms with van der Waals surface area (Å²) in [4.78, 5) is 12.0. The molecular weight excluding hydrogens is 315 g/mol. The molecule has 0 heterocycles. The van der Waals surface area contributed by atoms with Crippen molar-refractivity contribution in [2.45, 2.75) is 13.0 Å². The second-order valence-electron chi connectivity index (χ2n) is 5.77. The summed E-state index contributed by atoms with van der Waals surface area (Å²) in [6.45, 7) is 0.742. The second kappa shape index (κ2) is 8.11. The van der Waals surface area contributed by atoms with Crippen LogP contribution in [-0.4, -0.2) is 5.91 Å². The number of nitrogens with one attached hydrogen (secondary N) is 2. The summed E-state index contributed by atoms with van der Waals surface area (Å²) in [6, 6.07) is 23.7. The summed E-state index contributed by atoms with van der Waals surface area (Å²) in [5, 5.41) is 6.15. The molecule has 0 aliphatic carbocycles. The third-order valence-electron chi connectivity index (χ3n) is 3.76. The highest BCUT2D eigenvalue weighted by atomic mass is 19.1. The third kappa shape index (κ3) is 5.18. The molecule has 3 nitrogen and oxygen atoms in total. The van der Waals surface area contributed by atoms with Crippen LogP contribution in [-0.2, 0) is 17.8 Å². The van der Waals surface area contributed by atoms with Gasteiger partial charge in [-0.15, -0.1) is 0 Å². The van der Waals surface area contributed by atoms with Gasteiger partial charge in [-0.1, -0.05) is 42.5 Å². The van der Waals surface area contributed by atoms with E-state index in [4.69, 9.17) is 0 Å². The molecule has 3 aromatic carbocycles. The van der Waals surface area contributed by atoms with Crippen molar-refractivity contribution in [2.75, 3.05) is 10.6 Å². The van der Waals surface area contributed by atoms with Crippen LogP contribution in [0.4, 0.5) is 15.8 Å². The molecular formula is C21H19FN2O. The van der Waals surface area contributed by atoms with E-state index in [1.807, 2.05) is 42.5 Å². The Labute approximate surface area is 146 Å². The van der Waals surface area contributed by atoms with Crippen molar-refractivity contribution in [1.82, 2.24) is 0 Å². The standard InChI is InChI=1S/C21H19FN2O/c22-18-8-4-7-17(13-18)14-21(25)24-20-11-9-19(10-12-20)23-15-16-5-2-1-3-6-16/h1-13,23H,14-15H2,(H,24,25). The quantitative estimate of drug-likeness (QED) is 0.691. The normalized spacial score (nSPS) is 10.3. The number of halogens is 1. The highest BCUT2D eigenvalue weighted by Crippen LogP contribution is 2.15. The van der Waals surface area contributed by atoms with Crippen LogP contribution in [0.3, 0.4) is 0 Å². The Hall–Kier alpha value is -3.14. The van der Waals surface area contributed by atoms with Crippen LogP contribution in [0.1, 0.15) is 11.1 Å². The molecule has 0 aliphatic heterocycles. The van der Waals surface area contributed by atoms with Crippen LogP contribution in [0, 0.1) is 5.82 Å². The van der Waals surface area contributed by atoms with Gasteiger partial charge in [-0.05, 0) is 47.5 Å². The zero-order valence-electron chi connectivity index (χ0n) is 13.7. The van der Waals surface area contributed by atoms with Crippen LogP contribution in [0.25, 0.3) is 0 Å². The Kier molecular flexibility index (Phi) is 5.42. The summed E-state index contributed by atoms with van der Waals surface area (Å²) in [6.07, 6.45) is 0.145. The molecule has 25 heavy (non-hydrogen) atoms. The highest BCUT2D eigenvalue weighted by Gasteiger charge is 2.05. The summed E-state index contributed by atoms with van der Waals surface area (Å²) in [5.41, 5.74) is 3.55. The average molecular weight is 334 g/mol. The fourth-order valence-electron chi connectivity index (χ4n) is 2.51. The molecule has 0 aliphatic rings. The van der Waals surface area contributed by atoms with Gasteiger partial charge in [0.25, 0.3) is 0 Å². The first-order valence-electron chi connectivity index (χ1n) is 8.11. The predicted molar refractivity (Wildman–Crippen MR) is 98.9 cm³/mol. The average Bonchev–Trinajstić information content (AvgIpc) is 2.62. The molecule has 0 saturated heterocycles. The molecule has 2 N–H and O–H groups in total. The highest BCUT2D eigenvalue weighted by molar-refractivity contribution is 5.92. The van der Waals surface area contributed by atoms with Gasteiger partial charge in [0.1, 0.15) is 5.82 Å². The lowest BCUT2D eigenvalue weighted by molar-refractivity contribution is -0.115. The number of rotatable bonds is 6. The first-order chi connectivity index (χ1) is 12.2. The monoisotopic (exact) mass is 334 g/mol. The third-order valence-corrected chi connectivity index (χ3v) is 3.76. The molecule has 126 valence electrons. The van der Waals surface area contributed by atoms with E-state index in [-0.39, 0.29) is 18.1 Å². The number of anilines is 2. The minimum absolute atomic E-state index is 0.145. The Morgan fingerprint density at radius 3 is 2.20 bits per heavy atom. The Morgan fingerprint density at radius 2 is 1.48 bits per heavy atom. The van der Waals surface area contributed by atoms with E-state index in [2.05, 4.69) is 22.8 Å². The van der Waals surface area contributed by atoms with Crippen LogP contribution < -0.4 is 10.6 Å². The van der Waals surface area contributed by atoms with E-state index in [1.54, 1.807) is 12.1 Å². The predicted octanol–water partition coefficient (Wildman–Crippen LogP) is 4.62. The van der Waals surface area contributed by atoms with Crippen molar-refractivity contribution < 1.29 is 9.18 Å². The van der Waals surface area contributed by atoms with Gasteiger partial charge in [-0.25, -0.2) is 4.39 Å². The second-order valence-corrected chi connectivity index (χ2v) is 5.77. The van der Waals surface area contributed by atoms with Crippen LogP contribution in [0.15, 0.2) is 78.9 Å². The van der Waals surface area contributed by atoms with Crippen molar-refractivity contribution >= 4 is 17.3 Å². The van der Waals surface area contributed by atoms with Crippen molar-refractivity contribution in [3.63, 3.8) is 0 Å². The van der Waals surface area contributed by atoms with Crippen LogP contribution in [0.5, 0.6) is 0 Å². The van der Waals surface area contributed by atoms with Crippen molar-refractivity contribution in [2.24, 2.45) is 0 Å². The van der Waals surface area contributed by atoms with E-state index in [1.165, 1.54) is 17.7 Å². The van der Waals surface area contributed by atoms with Gasteiger partial charge >= 0.3 is 0 Å². The van der Waals surface area contributed by atoms with Crippen molar-refractivity contribution in [3.8, 4) is 0 Å². The lowest BCUT2D eigenvalue weighted by atomic mass is 10.1. The first kappa shape index (κ1) is 16.7. The molecule has 0 aromatic heterocycles. The van der Waals surface area contributed by atoms with E-state index >= 15 is 0 Å². The summed E-state index contributed by atoms with van der Waals surface area (Å²) in [5.74, 6) is -0.505. The molecule has 4 heteroatoms. The van der Waals surface area contributed by atoms with Crippen molar-refractivity contribution in [3.05, 3.63) is 95.8 Å². The fourth-order valence-corrected chi connectivity index (χ4v) is 2.51. The van der Waals surface area contributed by atoms with E-state index in [0.717, 1.165) is 12.2 Å². The van der Waals surface area contributed by atoms with Gasteiger partial charge in [-0.3, -0.25) is 4.79 Å². The molecule has 0 radical (unpaired) electrons. The summed E-state index contributed by atoms with van der Waals surface area (Å²) < 4.78 is 13.1. The van der Waals surface area contributed by atoms with Gasteiger partial charge in [0.05, 0.1) is 6.42 Å². The van der Waals surface area contributed by atoms with Crippen molar-refractivity contribution in [1.29, 1.82) is 0 Å². The minimum Gasteiger partial charge on any atom is -0.381 e. The summed E-state index contributed by atoms with van der Waals surface area (Å²) >= 11 is 0. The van der Waals surface area contributed by atoms with E-state index < -0.39 is 0 Å². The maximum Gasteiger partial charge on any atom is 0.228 e. The zero-order valence-corrected chi connectivity index (χ0v) is 13.7. The number of carbonyl (C=O) groups is 1. The topological polar surface area (TPSA) is 41.1 Å². The van der Waals surface area contributed by atoms with Crippen LogP contribution in [0.2, 0.25) is 0 Å². The van der Waals surface area contributed by atoms with Crippen LogP contribution >= 0.6 is 0 Å². The molecule has 3 rings (SSSR count). The maximum atomic E-state index is 13.1. The van der Waals surface area contributed by atoms with E-state index in [0.29, 0.717) is 11.3 Å². The van der Waals surface area contributed by atoms with Gasteiger partial charge in [0, 0.05) is 17.9 Å². The SMILES string of the molecule is O=C(Cc1cccc(F)c1)Nc1ccc(NCc2ccccc2)cc1. The zero-order chi connectivity index (χ0) is 17.5. The van der Waals surface area contributed by atoms with Gasteiger partial charge in [0.15, 0.2) is 0 Å². The van der Waals surface area contributed by atoms with Gasteiger partial charge in [-0.2, -0.15) is 0 Å². The molecule has 0 fully saturated rings. The van der Waals surface area contributed by atoms with Gasteiger partial charge in [0.2, 0.25) is 5.91 Å². The smallest absolute Gasteiger partial charge is 0.228 e. The number of carbonyl (C=O) groups excluding carboxylic acids is 1. The number of hydrogen-bond donors (Lipinski definition) is 2. The molecule has 0 spiro atoms. The molecule has 1 amide bonds. The Morgan fingerprint density at radius 1 is 0.800 bits per heavy atom. The fraction of sp³-hybridized carbons (Fsp3) is 0.0952. The molecule has 0 unspecified atom stereocenters. The van der Waals surface area contributed by atoms with Gasteiger partial charge < -0.3 is 10.6 Å². The summed E-state index contributed by atoms with van der Waals surface area (Å²) in [7, 11) is 0. The maximum absolute atomic E-state index is 13.1. The number of hydrogen-bond acceptors (Lipinski definition) is 2. The van der Waals surface area contributed by atoms with E-state index in [9.17, 15) is 9.18 Å². The Bertz CT molecular complexity index is 832. The lowest BCUT2D eigenvalue weighted by Gasteiger charge is -2.09. The number of benzene rings is 3. The minimum atomic E-state index is -0.334. The number of amides is 1. The largest absolute Gasteiger partial charge is 0.381 e. The molecule has 3 aromatic rings. The molecule has 0 atom stereocenters. The molecule has 0 saturated carbocycles. The Balaban J connectivity index is 1.52. The molecule has 0 bridgehead atoms. The first-order valence-corrected chi connectivity index (χ1v) is 8.11. The lowest BCUT2D eigenvalue weighted by Crippen LogP contribution is -2.14.